The second-order valence-electron chi connectivity index (χ2n) is 9.38. The molecule has 0 spiro atoms. The Hall–Kier alpha value is -3.75. The van der Waals surface area contributed by atoms with Gasteiger partial charge in [0.2, 0.25) is 0 Å². The third-order valence-electron chi connectivity index (χ3n) is 6.74. The Kier molecular flexibility index (Phi) is 8.00. The molecule has 0 radical (unpaired) electrons. The first-order chi connectivity index (χ1) is 18.5. The normalized spacial score (nSPS) is 14.7. The molecule has 5 rings (SSSR count). The molecule has 1 aliphatic rings. The lowest BCUT2D eigenvalue weighted by atomic mass is 9.97. The Balaban J connectivity index is 1.18. The third kappa shape index (κ3) is 5.87. The predicted molar refractivity (Wildman–Crippen MR) is 150 cm³/mol. The minimum atomic E-state index is -0.366. The van der Waals surface area contributed by atoms with Crippen molar-refractivity contribution in [3.05, 3.63) is 76.3 Å². The quantitative estimate of drug-likeness (QED) is 0.188. The van der Waals surface area contributed by atoms with E-state index in [1.54, 1.807) is 24.5 Å². The molecule has 0 saturated carbocycles. The van der Waals surface area contributed by atoms with Crippen molar-refractivity contribution in [3.8, 4) is 34.0 Å². The van der Waals surface area contributed by atoms with Crippen LogP contribution in [0, 0.1) is 6.92 Å². The molecule has 196 valence electrons. The van der Waals surface area contributed by atoms with Gasteiger partial charge in [-0.25, -0.2) is 4.98 Å². The number of aromatic nitrogens is 2. The summed E-state index contributed by atoms with van der Waals surface area (Å²) in [5, 5.41) is 7.65. The number of carbonyl (C=O) groups is 1. The monoisotopic (exact) mass is 529 g/mol. The molecule has 0 bridgehead atoms. The van der Waals surface area contributed by atoms with E-state index in [1.165, 1.54) is 11.9 Å². The molecule has 1 aliphatic heterocycles. The fourth-order valence-electron chi connectivity index (χ4n) is 4.78. The largest absolute Gasteiger partial charge is 0.493 e. The SMILES string of the molecule is COc1cc(/C=C\CN2CCC(c3nc(-c4c(-c5ccccc5)noc4C)cs3)CC2)ccc1OC(C)=O. The summed E-state index contributed by atoms with van der Waals surface area (Å²) >= 11 is 1.74. The average molecular weight is 530 g/mol. The summed E-state index contributed by atoms with van der Waals surface area (Å²) in [7, 11) is 1.57. The molecule has 2 aromatic carbocycles. The van der Waals surface area contributed by atoms with Gasteiger partial charge in [0, 0.05) is 30.3 Å². The number of carbonyl (C=O) groups excluding carboxylic acids is 1. The summed E-state index contributed by atoms with van der Waals surface area (Å²) in [6.45, 7) is 6.26. The molecule has 4 aromatic rings. The number of thiazole rings is 1. The van der Waals surface area contributed by atoms with E-state index in [2.05, 4.69) is 27.6 Å². The highest BCUT2D eigenvalue weighted by Gasteiger charge is 2.25. The molecule has 3 heterocycles. The molecular weight excluding hydrogens is 498 g/mol. The number of ether oxygens (including phenoxy) is 2. The van der Waals surface area contributed by atoms with E-state index < -0.39 is 0 Å². The summed E-state index contributed by atoms with van der Waals surface area (Å²) in [6.07, 6.45) is 6.41. The van der Waals surface area contributed by atoms with Crippen LogP contribution < -0.4 is 9.47 Å². The Morgan fingerprint density at radius 2 is 1.95 bits per heavy atom. The zero-order valence-electron chi connectivity index (χ0n) is 21.8. The van der Waals surface area contributed by atoms with Gasteiger partial charge in [-0.2, -0.15) is 0 Å². The maximum atomic E-state index is 11.3. The highest BCUT2D eigenvalue weighted by molar-refractivity contribution is 7.10. The van der Waals surface area contributed by atoms with Gasteiger partial charge in [0.25, 0.3) is 0 Å². The molecule has 38 heavy (non-hydrogen) atoms. The topological polar surface area (TPSA) is 77.7 Å². The van der Waals surface area contributed by atoms with E-state index >= 15 is 0 Å². The molecule has 7 nitrogen and oxygen atoms in total. The Morgan fingerprint density at radius 3 is 2.68 bits per heavy atom. The minimum Gasteiger partial charge on any atom is -0.493 e. The van der Waals surface area contributed by atoms with Crippen LogP contribution in [0.15, 0.2) is 64.5 Å². The van der Waals surface area contributed by atoms with Crippen LogP contribution in [0.25, 0.3) is 28.6 Å². The second-order valence-corrected chi connectivity index (χ2v) is 10.3. The van der Waals surface area contributed by atoms with Gasteiger partial charge in [-0.3, -0.25) is 9.69 Å². The van der Waals surface area contributed by atoms with Crippen molar-refractivity contribution in [1.29, 1.82) is 0 Å². The first-order valence-corrected chi connectivity index (χ1v) is 13.6. The van der Waals surface area contributed by atoms with Gasteiger partial charge in [-0.1, -0.05) is 53.7 Å². The summed E-state index contributed by atoms with van der Waals surface area (Å²) in [5.74, 6) is 1.87. The van der Waals surface area contributed by atoms with Gasteiger partial charge < -0.3 is 14.0 Å². The first kappa shape index (κ1) is 25.9. The Bertz CT molecular complexity index is 1420. The number of aryl methyl sites for hydroxylation is 1. The van der Waals surface area contributed by atoms with Crippen molar-refractivity contribution in [2.45, 2.75) is 32.6 Å². The van der Waals surface area contributed by atoms with E-state index in [4.69, 9.17) is 19.0 Å². The number of rotatable bonds is 8. The number of nitrogens with zero attached hydrogens (tertiary/aromatic N) is 3. The van der Waals surface area contributed by atoms with Crippen molar-refractivity contribution in [3.63, 3.8) is 0 Å². The molecule has 0 N–H and O–H groups in total. The van der Waals surface area contributed by atoms with E-state index in [1.807, 2.05) is 49.4 Å². The van der Waals surface area contributed by atoms with Crippen molar-refractivity contribution in [2.75, 3.05) is 26.7 Å². The number of hydrogen-bond acceptors (Lipinski definition) is 8. The zero-order chi connectivity index (χ0) is 26.5. The lowest BCUT2D eigenvalue weighted by Gasteiger charge is -2.30. The lowest BCUT2D eigenvalue weighted by Crippen LogP contribution is -2.33. The summed E-state index contributed by atoms with van der Waals surface area (Å²) < 4.78 is 16.1. The molecule has 1 saturated heterocycles. The number of likely N-dealkylation sites (tertiary alicyclic amines) is 1. The van der Waals surface area contributed by atoms with Crippen molar-refractivity contribution in [2.24, 2.45) is 0 Å². The number of esters is 1. The number of piperidine rings is 1. The van der Waals surface area contributed by atoms with Crippen LogP contribution in [-0.4, -0.2) is 47.8 Å². The number of benzene rings is 2. The van der Waals surface area contributed by atoms with Crippen LogP contribution in [0.1, 0.15) is 42.0 Å². The van der Waals surface area contributed by atoms with Crippen LogP contribution in [-0.2, 0) is 4.79 Å². The molecule has 0 unspecified atom stereocenters. The van der Waals surface area contributed by atoms with Gasteiger partial charge in [0.15, 0.2) is 11.5 Å². The maximum Gasteiger partial charge on any atom is 0.308 e. The standard InChI is InChI=1S/C30H31N3O4S/c1-20-28(29(32-37-20)23-9-5-4-6-10-23)25-19-38-30(31-25)24-13-16-33(17-14-24)15-7-8-22-11-12-26(36-21(2)34)27(18-22)35-3/h4-12,18-19,24H,13-17H2,1-3H3/b8-7-. The second kappa shape index (κ2) is 11.8. The van der Waals surface area contributed by atoms with Gasteiger partial charge >= 0.3 is 5.97 Å². The molecule has 8 heteroatoms. The van der Waals surface area contributed by atoms with Gasteiger partial charge in [-0.05, 0) is 50.6 Å². The summed E-state index contributed by atoms with van der Waals surface area (Å²) in [6, 6.07) is 15.7. The molecule has 0 aliphatic carbocycles. The molecule has 0 amide bonds. The van der Waals surface area contributed by atoms with Crippen LogP contribution in [0.5, 0.6) is 11.5 Å². The van der Waals surface area contributed by atoms with Crippen LogP contribution >= 0.6 is 11.3 Å². The predicted octanol–water partition coefficient (Wildman–Crippen LogP) is 6.60. The fraction of sp³-hybridized carbons (Fsp3) is 0.300. The smallest absolute Gasteiger partial charge is 0.308 e. The van der Waals surface area contributed by atoms with Crippen LogP contribution in [0.2, 0.25) is 0 Å². The molecule has 2 aromatic heterocycles. The summed E-state index contributed by atoms with van der Waals surface area (Å²) in [5.41, 5.74) is 4.82. The summed E-state index contributed by atoms with van der Waals surface area (Å²) in [4.78, 5) is 18.8. The van der Waals surface area contributed by atoms with Crippen LogP contribution in [0.4, 0.5) is 0 Å². The Morgan fingerprint density at radius 1 is 1.16 bits per heavy atom. The lowest BCUT2D eigenvalue weighted by molar-refractivity contribution is -0.132. The average Bonchev–Trinajstić information content (AvgIpc) is 3.57. The fourth-order valence-corrected chi connectivity index (χ4v) is 5.77. The number of hydrogen-bond donors (Lipinski definition) is 0. The van der Waals surface area contributed by atoms with Gasteiger partial charge in [0.05, 0.1) is 23.4 Å². The zero-order valence-corrected chi connectivity index (χ0v) is 22.7. The van der Waals surface area contributed by atoms with Crippen molar-refractivity contribution >= 4 is 23.4 Å². The minimum absolute atomic E-state index is 0.366. The van der Waals surface area contributed by atoms with Crippen molar-refractivity contribution in [1.82, 2.24) is 15.0 Å². The van der Waals surface area contributed by atoms with Gasteiger partial charge in [0.1, 0.15) is 11.5 Å². The van der Waals surface area contributed by atoms with E-state index in [-0.39, 0.29) is 5.97 Å². The van der Waals surface area contributed by atoms with Crippen molar-refractivity contribution < 1.29 is 18.8 Å². The Labute approximate surface area is 226 Å². The van der Waals surface area contributed by atoms with Crippen LogP contribution in [0.3, 0.4) is 0 Å². The molecule has 1 fully saturated rings. The third-order valence-corrected chi connectivity index (χ3v) is 7.75. The van der Waals surface area contributed by atoms with Gasteiger partial charge in [-0.15, -0.1) is 11.3 Å². The first-order valence-electron chi connectivity index (χ1n) is 12.7. The van der Waals surface area contributed by atoms with E-state index in [9.17, 15) is 4.79 Å². The highest BCUT2D eigenvalue weighted by atomic mass is 32.1. The number of methoxy groups -OCH3 is 1. The molecule has 0 atom stereocenters. The van der Waals surface area contributed by atoms with E-state index in [0.717, 1.165) is 66.3 Å². The van der Waals surface area contributed by atoms with E-state index in [0.29, 0.717) is 17.4 Å². The molecular formula is C30H31N3O4S. The highest BCUT2D eigenvalue weighted by Crippen LogP contribution is 2.38. The maximum absolute atomic E-state index is 11.3.